The van der Waals surface area contributed by atoms with Crippen molar-refractivity contribution in [3.8, 4) is 0 Å². The van der Waals surface area contributed by atoms with E-state index in [4.69, 9.17) is 9.47 Å². The number of carbonyl (C=O) groups is 1. The first-order valence-corrected chi connectivity index (χ1v) is 9.77. The molecule has 2 bridgehead atoms. The average molecular weight is 410 g/mol. The summed E-state index contributed by atoms with van der Waals surface area (Å²) < 4.78 is 11.2. The van der Waals surface area contributed by atoms with E-state index >= 15 is 0 Å². The standard InChI is InChI=1S/C20H26O9/c1-7-4-10(21)13(23)17(3)9(7)5-11-18-6-28-20(27,16(17)18)12(22)8(2)19(18,26)14(24)15(25)29-11/h4,9-14,16,21-24,26-27H,2,5-6H2,1,3H3/t9-,10-,11+,12+,13+,14-,16+,17+,18?,19-,20?/m0/s1. The largest absolute Gasteiger partial charge is 0.460 e. The minimum Gasteiger partial charge on any atom is -0.460 e. The average Bonchev–Trinajstić information content (AvgIpc) is 2.98. The number of hydrogen-bond donors (Lipinski definition) is 6. The van der Waals surface area contributed by atoms with Gasteiger partial charge in [0.05, 0.1) is 24.2 Å². The third-order valence-electron chi connectivity index (χ3n) is 8.61. The lowest BCUT2D eigenvalue weighted by Crippen LogP contribution is -2.83. The van der Waals surface area contributed by atoms with E-state index in [0.29, 0.717) is 0 Å². The first-order valence-electron chi connectivity index (χ1n) is 9.77. The molecular weight excluding hydrogens is 384 g/mol. The summed E-state index contributed by atoms with van der Waals surface area (Å²) in [6.07, 6.45) is -5.73. The van der Waals surface area contributed by atoms with Gasteiger partial charge in [-0.3, -0.25) is 0 Å². The summed E-state index contributed by atoms with van der Waals surface area (Å²) in [6, 6.07) is 0. The van der Waals surface area contributed by atoms with Crippen LogP contribution in [0.5, 0.6) is 0 Å². The number of allylic oxidation sites excluding steroid dienone is 1. The van der Waals surface area contributed by atoms with Crippen molar-refractivity contribution < 1.29 is 44.9 Å². The van der Waals surface area contributed by atoms with Crippen LogP contribution in [0.3, 0.4) is 0 Å². The van der Waals surface area contributed by atoms with Gasteiger partial charge in [0.15, 0.2) is 6.10 Å². The van der Waals surface area contributed by atoms with Crippen LogP contribution in [0.15, 0.2) is 23.8 Å². The monoisotopic (exact) mass is 410 g/mol. The summed E-state index contributed by atoms with van der Waals surface area (Å²) in [5.41, 5.74) is -4.77. The SMILES string of the molecule is C=C1[C@@H](O)C2(O)OCC34[C@@H](C[C@H]5C(C)=C[C@H](O)[C@@H](O)[C@]5(C)[C@@H]23)OC(=O)[C@H](O)[C@@]14O. The van der Waals surface area contributed by atoms with Gasteiger partial charge in [0.1, 0.15) is 17.8 Å². The van der Waals surface area contributed by atoms with Gasteiger partial charge in [0.2, 0.25) is 5.79 Å². The lowest BCUT2D eigenvalue weighted by molar-refractivity contribution is -0.343. The number of esters is 1. The number of hydrogen-bond acceptors (Lipinski definition) is 9. The first kappa shape index (κ1) is 19.6. The molecule has 2 aliphatic heterocycles. The molecule has 2 saturated carbocycles. The zero-order chi connectivity index (χ0) is 21.3. The Labute approximate surface area is 166 Å². The zero-order valence-electron chi connectivity index (χ0n) is 16.1. The van der Waals surface area contributed by atoms with E-state index in [1.54, 1.807) is 13.8 Å². The highest BCUT2D eigenvalue weighted by molar-refractivity contribution is 5.79. The Balaban J connectivity index is 1.84. The molecule has 2 heterocycles. The Kier molecular flexibility index (Phi) is 3.58. The Hall–Kier alpha value is -1.33. The molecule has 0 radical (unpaired) electrons. The van der Waals surface area contributed by atoms with Crippen molar-refractivity contribution in [2.75, 3.05) is 6.61 Å². The van der Waals surface area contributed by atoms with Crippen LogP contribution in [0.25, 0.3) is 0 Å². The maximum Gasteiger partial charge on any atom is 0.338 e. The molecule has 0 aromatic heterocycles. The summed E-state index contributed by atoms with van der Waals surface area (Å²) in [5.74, 6) is -4.92. The van der Waals surface area contributed by atoms with Gasteiger partial charge >= 0.3 is 5.97 Å². The molecule has 5 rings (SSSR count). The predicted molar refractivity (Wildman–Crippen MR) is 94.8 cm³/mol. The molecule has 29 heavy (non-hydrogen) atoms. The summed E-state index contributed by atoms with van der Waals surface area (Å²) in [7, 11) is 0. The summed E-state index contributed by atoms with van der Waals surface area (Å²) in [6.45, 7) is 6.79. The molecule has 0 aromatic carbocycles. The number of rotatable bonds is 0. The van der Waals surface area contributed by atoms with Crippen molar-refractivity contribution in [2.24, 2.45) is 22.7 Å². The molecule has 0 aromatic rings. The van der Waals surface area contributed by atoms with Crippen molar-refractivity contribution in [3.05, 3.63) is 23.8 Å². The summed E-state index contributed by atoms with van der Waals surface area (Å²) >= 11 is 0. The second-order valence-corrected chi connectivity index (χ2v) is 9.54. The van der Waals surface area contributed by atoms with Crippen LogP contribution in [-0.2, 0) is 14.3 Å². The highest BCUT2D eigenvalue weighted by atomic mass is 16.7. The van der Waals surface area contributed by atoms with Crippen LogP contribution < -0.4 is 0 Å². The highest BCUT2D eigenvalue weighted by Crippen LogP contribution is 2.74. The molecule has 5 aliphatic rings. The minimum absolute atomic E-state index is 0.183. The normalized spacial score (nSPS) is 60.8. The topological polar surface area (TPSA) is 157 Å². The Morgan fingerprint density at radius 1 is 1.17 bits per heavy atom. The van der Waals surface area contributed by atoms with Gasteiger partial charge in [-0.05, 0) is 24.8 Å². The van der Waals surface area contributed by atoms with Crippen LogP contribution in [0.4, 0.5) is 0 Å². The second-order valence-electron chi connectivity index (χ2n) is 9.54. The second kappa shape index (κ2) is 5.28. The summed E-state index contributed by atoms with van der Waals surface area (Å²) in [5, 5.41) is 66.3. The van der Waals surface area contributed by atoms with E-state index in [1.807, 2.05) is 0 Å². The zero-order valence-corrected chi connectivity index (χ0v) is 16.1. The van der Waals surface area contributed by atoms with E-state index in [9.17, 15) is 35.4 Å². The van der Waals surface area contributed by atoms with Crippen LogP contribution in [0.1, 0.15) is 20.3 Å². The van der Waals surface area contributed by atoms with Gasteiger partial charge in [0.25, 0.3) is 0 Å². The lowest BCUT2D eigenvalue weighted by Gasteiger charge is -2.69. The number of carbonyl (C=O) groups excluding carboxylic acids is 1. The first-order chi connectivity index (χ1) is 13.4. The van der Waals surface area contributed by atoms with Gasteiger partial charge < -0.3 is 40.1 Å². The molecule has 2 unspecified atom stereocenters. The molecule has 9 nitrogen and oxygen atoms in total. The Morgan fingerprint density at radius 3 is 2.48 bits per heavy atom. The van der Waals surface area contributed by atoms with Crippen molar-refractivity contribution in [1.82, 2.24) is 0 Å². The van der Waals surface area contributed by atoms with E-state index in [0.717, 1.165) is 5.57 Å². The quantitative estimate of drug-likeness (QED) is 0.196. The van der Waals surface area contributed by atoms with Crippen LogP contribution in [0.2, 0.25) is 0 Å². The van der Waals surface area contributed by atoms with Crippen molar-refractivity contribution >= 4 is 5.97 Å². The highest BCUT2D eigenvalue weighted by Gasteiger charge is 2.87. The molecule has 6 N–H and O–H groups in total. The third kappa shape index (κ3) is 1.74. The van der Waals surface area contributed by atoms with Crippen LogP contribution >= 0.6 is 0 Å². The maximum absolute atomic E-state index is 12.4. The number of ether oxygens (including phenoxy) is 2. The molecule has 1 spiro atoms. The van der Waals surface area contributed by atoms with E-state index in [-0.39, 0.29) is 18.6 Å². The van der Waals surface area contributed by atoms with Crippen molar-refractivity contribution in [1.29, 1.82) is 0 Å². The number of aliphatic hydroxyl groups excluding tert-OH is 4. The van der Waals surface area contributed by atoms with Gasteiger partial charge in [0, 0.05) is 11.3 Å². The van der Waals surface area contributed by atoms with E-state index in [2.05, 4.69) is 6.58 Å². The van der Waals surface area contributed by atoms with Gasteiger partial charge in [-0.1, -0.05) is 25.2 Å². The maximum atomic E-state index is 12.4. The van der Waals surface area contributed by atoms with E-state index < -0.39 is 70.5 Å². The molecule has 9 heteroatoms. The number of aliphatic hydroxyl groups is 6. The Bertz CT molecular complexity index is 855. The smallest absolute Gasteiger partial charge is 0.338 e. The molecule has 4 fully saturated rings. The molecule has 2 saturated heterocycles. The lowest BCUT2D eigenvalue weighted by atomic mass is 9.37. The fraction of sp³-hybridized carbons (Fsp3) is 0.750. The van der Waals surface area contributed by atoms with Gasteiger partial charge in [-0.2, -0.15) is 0 Å². The van der Waals surface area contributed by atoms with Gasteiger partial charge in [-0.25, -0.2) is 4.79 Å². The Morgan fingerprint density at radius 2 is 1.83 bits per heavy atom. The molecule has 160 valence electrons. The third-order valence-corrected chi connectivity index (χ3v) is 8.61. The minimum atomic E-state index is -2.34. The molecule has 3 aliphatic carbocycles. The van der Waals surface area contributed by atoms with Crippen LogP contribution in [0, 0.1) is 22.7 Å². The molecule has 11 atom stereocenters. The molecular formula is C20H26O9. The summed E-state index contributed by atoms with van der Waals surface area (Å²) in [4.78, 5) is 12.4. The van der Waals surface area contributed by atoms with E-state index in [1.165, 1.54) is 6.08 Å². The van der Waals surface area contributed by atoms with Crippen LogP contribution in [-0.4, -0.2) is 85.1 Å². The fourth-order valence-corrected chi connectivity index (χ4v) is 7.36. The predicted octanol–water partition coefficient (Wildman–Crippen LogP) is -2.04. The molecule has 0 amide bonds. The number of fused-ring (bicyclic) bond motifs is 1. The van der Waals surface area contributed by atoms with Crippen molar-refractivity contribution in [2.45, 2.75) is 62.2 Å². The van der Waals surface area contributed by atoms with Crippen molar-refractivity contribution in [3.63, 3.8) is 0 Å². The van der Waals surface area contributed by atoms with Gasteiger partial charge in [-0.15, -0.1) is 0 Å². The fourth-order valence-electron chi connectivity index (χ4n) is 7.36.